The summed E-state index contributed by atoms with van der Waals surface area (Å²) in [6.07, 6.45) is 11.5. The van der Waals surface area contributed by atoms with E-state index in [1.54, 1.807) is 0 Å². The average Bonchev–Trinajstić information content (AvgIpc) is 3.21. The fourth-order valence-electron chi connectivity index (χ4n) is 4.73. The van der Waals surface area contributed by atoms with Crippen LogP contribution in [0.1, 0.15) is 6.42 Å². The molecule has 0 radical (unpaired) electrons. The second kappa shape index (κ2) is 4.70. The van der Waals surface area contributed by atoms with E-state index in [1.165, 1.54) is 19.8 Å². The fraction of sp³-hybridized carbons (Fsp3) is 0.444. The van der Waals surface area contributed by atoms with Crippen molar-refractivity contribution in [3.8, 4) is 0 Å². The van der Waals surface area contributed by atoms with Crippen LogP contribution in [-0.2, 0) is 19.1 Å². The van der Waals surface area contributed by atoms with Crippen LogP contribution >= 0.6 is 0 Å². The molecule has 22 heavy (non-hydrogen) atoms. The van der Waals surface area contributed by atoms with E-state index in [2.05, 4.69) is 30.4 Å². The van der Waals surface area contributed by atoms with Crippen LogP contribution in [-0.4, -0.2) is 26.2 Å². The maximum Gasteiger partial charge on any atom is 0.334 e. The summed E-state index contributed by atoms with van der Waals surface area (Å²) in [5.74, 6) is 0.726. The first kappa shape index (κ1) is 13.6. The molecule has 0 aromatic rings. The molecule has 5 atom stereocenters. The zero-order valence-corrected chi connectivity index (χ0v) is 12.6. The summed E-state index contributed by atoms with van der Waals surface area (Å²) in [7, 11) is 2.71. The summed E-state index contributed by atoms with van der Waals surface area (Å²) in [6.45, 7) is 0. The van der Waals surface area contributed by atoms with Gasteiger partial charge in [0.05, 0.1) is 25.4 Å². The Morgan fingerprint density at radius 1 is 1.05 bits per heavy atom. The molecule has 0 aromatic heterocycles. The van der Waals surface area contributed by atoms with Gasteiger partial charge in [-0.05, 0) is 24.2 Å². The molecule has 0 unspecified atom stereocenters. The number of methoxy groups -OCH3 is 2. The van der Waals surface area contributed by atoms with Crippen LogP contribution in [0.3, 0.4) is 0 Å². The molecular formula is C18H18O4. The van der Waals surface area contributed by atoms with E-state index in [9.17, 15) is 9.59 Å². The second-order valence-electron chi connectivity index (χ2n) is 6.29. The molecule has 4 heteroatoms. The molecule has 0 aliphatic heterocycles. The van der Waals surface area contributed by atoms with Crippen LogP contribution < -0.4 is 0 Å². The highest BCUT2D eigenvalue weighted by atomic mass is 16.5. The van der Waals surface area contributed by atoms with Crippen LogP contribution in [0.5, 0.6) is 0 Å². The van der Waals surface area contributed by atoms with Gasteiger partial charge in [-0.1, -0.05) is 36.0 Å². The molecule has 0 amide bonds. The van der Waals surface area contributed by atoms with Gasteiger partial charge in [-0.15, -0.1) is 0 Å². The van der Waals surface area contributed by atoms with Gasteiger partial charge in [-0.2, -0.15) is 0 Å². The fourth-order valence-corrected chi connectivity index (χ4v) is 4.73. The van der Waals surface area contributed by atoms with Crippen molar-refractivity contribution in [2.24, 2.45) is 29.6 Å². The van der Waals surface area contributed by atoms with Crippen molar-refractivity contribution in [1.82, 2.24) is 0 Å². The van der Waals surface area contributed by atoms with Gasteiger partial charge in [0.1, 0.15) is 0 Å². The summed E-state index contributed by atoms with van der Waals surface area (Å²) in [5, 5.41) is 0. The van der Waals surface area contributed by atoms with Gasteiger partial charge in [0.15, 0.2) is 0 Å². The predicted molar refractivity (Wildman–Crippen MR) is 79.5 cm³/mol. The van der Waals surface area contributed by atoms with E-state index in [4.69, 9.17) is 9.47 Å². The first-order valence-corrected chi connectivity index (χ1v) is 7.63. The van der Waals surface area contributed by atoms with E-state index in [0.29, 0.717) is 35.3 Å². The molecule has 1 fully saturated rings. The van der Waals surface area contributed by atoms with Gasteiger partial charge < -0.3 is 9.47 Å². The Balaban J connectivity index is 1.84. The number of hydrogen-bond acceptors (Lipinski definition) is 4. The monoisotopic (exact) mass is 298 g/mol. The van der Waals surface area contributed by atoms with Gasteiger partial charge in [-0.3, -0.25) is 0 Å². The minimum absolute atomic E-state index is 0.0449. The Kier molecular flexibility index (Phi) is 2.90. The Hall–Kier alpha value is -2.10. The smallest absolute Gasteiger partial charge is 0.334 e. The zero-order valence-electron chi connectivity index (χ0n) is 12.6. The van der Waals surface area contributed by atoms with E-state index in [0.717, 1.165) is 0 Å². The van der Waals surface area contributed by atoms with Gasteiger partial charge in [-0.25, -0.2) is 9.59 Å². The summed E-state index contributed by atoms with van der Waals surface area (Å²) < 4.78 is 9.85. The molecule has 4 rings (SSSR count). The minimum Gasteiger partial charge on any atom is -0.466 e. The van der Waals surface area contributed by atoms with Crippen LogP contribution in [0.15, 0.2) is 47.1 Å². The molecular weight excluding hydrogens is 280 g/mol. The van der Waals surface area contributed by atoms with Crippen LogP contribution in [0.2, 0.25) is 0 Å². The zero-order chi connectivity index (χ0) is 15.4. The Morgan fingerprint density at radius 2 is 1.77 bits per heavy atom. The van der Waals surface area contributed by atoms with Gasteiger partial charge >= 0.3 is 11.9 Å². The van der Waals surface area contributed by atoms with Crippen molar-refractivity contribution in [2.75, 3.05) is 14.2 Å². The Morgan fingerprint density at radius 3 is 2.50 bits per heavy atom. The molecule has 114 valence electrons. The largest absolute Gasteiger partial charge is 0.466 e. The third-order valence-corrected chi connectivity index (χ3v) is 5.54. The standard InChI is InChI=1S/C18H18O4/c1-21-17(19)13-8-7-11-10-5-3-9-4-6-12(14(9)10)15(11)16(13)18(20)22-2/h3-7,9-10,12,14-15H,8H2,1-2H3/t9-,10+,12+,14-,15-/m1/s1. The summed E-state index contributed by atoms with van der Waals surface area (Å²) in [4.78, 5) is 24.5. The normalized spacial score (nSPS) is 37.0. The summed E-state index contributed by atoms with van der Waals surface area (Å²) >= 11 is 0. The predicted octanol–water partition coefficient (Wildman–Crippen LogP) is 2.19. The van der Waals surface area contributed by atoms with Crippen molar-refractivity contribution in [3.05, 3.63) is 47.1 Å². The topological polar surface area (TPSA) is 52.6 Å². The molecule has 4 aliphatic rings. The first-order valence-electron chi connectivity index (χ1n) is 7.63. The highest BCUT2D eigenvalue weighted by Gasteiger charge is 2.55. The van der Waals surface area contributed by atoms with Crippen molar-refractivity contribution >= 4 is 11.9 Å². The lowest BCUT2D eigenvalue weighted by Gasteiger charge is -2.26. The number of ether oxygens (including phenoxy) is 2. The number of esters is 2. The summed E-state index contributed by atoms with van der Waals surface area (Å²) in [5.41, 5.74) is 2.22. The van der Waals surface area contributed by atoms with Crippen LogP contribution in [0.4, 0.5) is 0 Å². The SMILES string of the molecule is COC(=O)C1=C(C(=O)OC)[C@@H]2C(=CC1)[C@@H]1C=C[C@@H]3C=C[C@H]2[C@H]31. The number of rotatable bonds is 2. The maximum absolute atomic E-state index is 12.4. The third kappa shape index (κ3) is 1.58. The quantitative estimate of drug-likeness (QED) is 0.579. The van der Waals surface area contributed by atoms with Gasteiger partial charge in [0.2, 0.25) is 0 Å². The van der Waals surface area contributed by atoms with E-state index in [-0.39, 0.29) is 11.8 Å². The van der Waals surface area contributed by atoms with Gasteiger partial charge in [0, 0.05) is 11.8 Å². The number of carbonyl (C=O) groups is 2. The van der Waals surface area contributed by atoms with Crippen LogP contribution in [0.25, 0.3) is 0 Å². The molecule has 0 N–H and O–H groups in total. The molecule has 0 aromatic carbocycles. The molecule has 1 saturated carbocycles. The molecule has 0 heterocycles. The van der Waals surface area contributed by atoms with Crippen molar-refractivity contribution in [1.29, 1.82) is 0 Å². The lowest BCUT2D eigenvalue weighted by atomic mass is 9.78. The lowest BCUT2D eigenvalue weighted by molar-refractivity contribution is -0.140. The van der Waals surface area contributed by atoms with Crippen LogP contribution in [0, 0.1) is 29.6 Å². The van der Waals surface area contributed by atoms with Crippen molar-refractivity contribution in [2.45, 2.75) is 6.42 Å². The number of hydrogen-bond donors (Lipinski definition) is 0. The van der Waals surface area contributed by atoms with Gasteiger partial charge in [0.25, 0.3) is 0 Å². The molecule has 0 bridgehead atoms. The molecule has 0 spiro atoms. The number of allylic oxidation sites excluding steroid dienone is 6. The number of fused-ring (bicyclic) bond motifs is 3. The molecule has 4 nitrogen and oxygen atoms in total. The summed E-state index contributed by atoms with van der Waals surface area (Å²) in [6, 6.07) is 0. The minimum atomic E-state index is -0.429. The third-order valence-electron chi connectivity index (χ3n) is 5.54. The molecule has 4 aliphatic carbocycles. The maximum atomic E-state index is 12.4. The Labute approximate surface area is 129 Å². The van der Waals surface area contributed by atoms with E-state index < -0.39 is 11.9 Å². The highest BCUT2D eigenvalue weighted by molar-refractivity contribution is 6.02. The molecule has 0 saturated heterocycles. The van der Waals surface area contributed by atoms with Crippen molar-refractivity contribution < 1.29 is 19.1 Å². The van der Waals surface area contributed by atoms with Crippen molar-refractivity contribution in [3.63, 3.8) is 0 Å². The Bertz CT molecular complexity index is 679. The average molecular weight is 298 g/mol. The number of carbonyl (C=O) groups excluding carboxylic acids is 2. The van der Waals surface area contributed by atoms with E-state index >= 15 is 0 Å². The van der Waals surface area contributed by atoms with E-state index in [1.807, 2.05) is 0 Å². The second-order valence-corrected chi connectivity index (χ2v) is 6.29. The first-order chi connectivity index (χ1) is 10.7. The lowest BCUT2D eigenvalue weighted by Crippen LogP contribution is -2.26. The highest BCUT2D eigenvalue weighted by Crippen LogP contribution is 2.60.